The molecule has 72 valence electrons. The van der Waals surface area contributed by atoms with Gasteiger partial charge in [0.1, 0.15) is 5.52 Å². The second-order valence-electron chi connectivity index (χ2n) is 2.58. The number of hydrazine groups is 1. The van der Waals surface area contributed by atoms with Crippen molar-refractivity contribution < 1.29 is 4.79 Å². The maximum absolute atomic E-state index is 11.2. The van der Waals surface area contributed by atoms with E-state index in [4.69, 9.17) is 17.4 Å². The lowest BCUT2D eigenvalue weighted by molar-refractivity contribution is 0.0953. The van der Waals surface area contributed by atoms with E-state index in [1.165, 1.54) is 11.3 Å². The van der Waals surface area contributed by atoms with Gasteiger partial charge in [0.2, 0.25) is 0 Å². The summed E-state index contributed by atoms with van der Waals surface area (Å²) in [6.45, 7) is 0. The molecule has 0 saturated heterocycles. The Bertz CT molecular complexity index is 496. The summed E-state index contributed by atoms with van der Waals surface area (Å²) in [5.74, 6) is 4.60. The molecule has 0 atom stereocenters. The maximum Gasteiger partial charge on any atom is 0.294 e. The summed E-state index contributed by atoms with van der Waals surface area (Å²) < 4.78 is 0.871. The molecule has 0 saturated carbocycles. The molecule has 2 aromatic rings. The number of thiazole rings is 1. The highest BCUT2D eigenvalue weighted by Gasteiger charge is 2.11. The van der Waals surface area contributed by atoms with Crippen LogP contribution in [0.5, 0.6) is 0 Å². The SMILES string of the molecule is NNC(=O)c1nc2c(Cl)cccc2s1. The third kappa shape index (κ3) is 1.45. The molecule has 0 bridgehead atoms. The molecule has 0 aliphatic carbocycles. The molecule has 1 aromatic heterocycles. The third-order valence-corrected chi connectivity index (χ3v) is 3.02. The van der Waals surface area contributed by atoms with Crippen LogP contribution in [-0.2, 0) is 0 Å². The molecule has 0 spiro atoms. The Morgan fingerprint density at radius 2 is 2.36 bits per heavy atom. The predicted octanol–water partition coefficient (Wildman–Crippen LogP) is 1.55. The molecule has 0 aliphatic rings. The number of amides is 1. The highest BCUT2D eigenvalue weighted by molar-refractivity contribution is 7.20. The molecule has 0 aliphatic heterocycles. The molecule has 1 aromatic carbocycles. The molecule has 4 nitrogen and oxygen atoms in total. The van der Waals surface area contributed by atoms with Crippen LogP contribution in [0.25, 0.3) is 10.2 Å². The van der Waals surface area contributed by atoms with E-state index >= 15 is 0 Å². The number of carbonyl (C=O) groups is 1. The van der Waals surface area contributed by atoms with Crippen molar-refractivity contribution >= 4 is 39.1 Å². The van der Waals surface area contributed by atoms with E-state index in [1.54, 1.807) is 6.07 Å². The zero-order valence-electron chi connectivity index (χ0n) is 6.95. The molecule has 6 heteroatoms. The minimum Gasteiger partial charge on any atom is -0.288 e. The third-order valence-electron chi connectivity index (χ3n) is 1.70. The largest absolute Gasteiger partial charge is 0.294 e. The number of nitrogens with two attached hydrogens (primary N) is 1. The van der Waals surface area contributed by atoms with Gasteiger partial charge >= 0.3 is 0 Å². The summed E-state index contributed by atoms with van der Waals surface area (Å²) in [6, 6.07) is 5.40. The van der Waals surface area contributed by atoms with Crippen molar-refractivity contribution in [2.75, 3.05) is 0 Å². The van der Waals surface area contributed by atoms with E-state index in [9.17, 15) is 4.79 Å². The van der Waals surface area contributed by atoms with E-state index in [2.05, 4.69) is 4.98 Å². The van der Waals surface area contributed by atoms with Crippen LogP contribution in [-0.4, -0.2) is 10.9 Å². The van der Waals surface area contributed by atoms with Gasteiger partial charge in [-0.1, -0.05) is 17.7 Å². The van der Waals surface area contributed by atoms with Gasteiger partial charge in [-0.25, -0.2) is 10.8 Å². The lowest BCUT2D eigenvalue weighted by Gasteiger charge is -1.90. The van der Waals surface area contributed by atoms with Gasteiger partial charge in [0.25, 0.3) is 5.91 Å². The van der Waals surface area contributed by atoms with Gasteiger partial charge < -0.3 is 0 Å². The highest BCUT2D eigenvalue weighted by atomic mass is 35.5. The zero-order chi connectivity index (χ0) is 10.1. The molecular formula is C8H6ClN3OS. The summed E-state index contributed by atoms with van der Waals surface area (Å²) >= 11 is 7.16. The first-order valence-corrected chi connectivity index (χ1v) is 4.98. The predicted molar refractivity (Wildman–Crippen MR) is 56.3 cm³/mol. The summed E-state index contributed by atoms with van der Waals surface area (Å²) in [4.78, 5) is 15.2. The van der Waals surface area contributed by atoms with Gasteiger partial charge in [0.15, 0.2) is 5.01 Å². The molecule has 0 fully saturated rings. The van der Waals surface area contributed by atoms with Crippen LogP contribution in [0.1, 0.15) is 9.80 Å². The number of para-hydroxylation sites is 1. The molecular weight excluding hydrogens is 222 g/mol. The van der Waals surface area contributed by atoms with Crippen molar-refractivity contribution in [3.05, 3.63) is 28.2 Å². The van der Waals surface area contributed by atoms with E-state index in [1.807, 2.05) is 17.6 Å². The van der Waals surface area contributed by atoms with E-state index in [-0.39, 0.29) is 0 Å². The molecule has 1 heterocycles. The minimum absolute atomic E-state index is 0.315. The Morgan fingerprint density at radius 1 is 1.57 bits per heavy atom. The number of carbonyl (C=O) groups excluding carboxylic acids is 1. The van der Waals surface area contributed by atoms with Crippen LogP contribution < -0.4 is 11.3 Å². The van der Waals surface area contributed by atoms with Gasteiger partial charge in [-0.3, -0.25) is 10.2 Å². The second kappa shape index (κ2) is 3.53. The number of aromatic nitrogens is 1. The van der Waals surface area contributed by atoms with Crippen molar-refractivity contribution in [3.8, 4) is 0 Å². The molecule has 14 heavy (non-hydrogen) atoms. The average Bonchev–Trinajstić information content (AvgIpc) is 2.62. The number of nitrogens with one attached hydrogen (secondary N) is 1. The zero-order valence-corrected chi connectivity index (χ0v) is 8.52. The van der Waals surface area contributed by atoms with Gasteiger partial charge in [-0.2, -0.15) is 0 Å². The number of fused-ring (bicyclic) bond motifs is 1. The van der Waals surface area contributed by atoms with Crippen LogP contribution in [0.4, 0.5) is 0 Å². The summed E-state index contributed by atoms with van der Waals surface area (Å²) in [7, 11) is 0. The fourth-order valence-corrected chi connectivity index (χ4v) is 2.24. The van der Waals surface area contributed by atoms with E-state index in [0.717, 1.165) is 4.70 Å². The molecule has 2 rings (SSSR count). The maximum atomic E-state index is 11.2. The lowest BCUT2D eigenvalue weighted by Crippen LogP contribution is -2.29. The van der Waals surface area contributed by atoms with Crippen LogP contribution >= 0.6 is 22.9 Å². The Morgan fingerprint density at radius 3 is 3.00 bits per heavy atom. The van der Waals surface area contributed by atoms with Crippen LogP contribution in [0, 0.1) is 0 Å². The van der Waals surface area contributed by atoms with Crippen LogP contribution in [0.2, 0.25) is 5.02 Å². The van der Waals surface area contributed by atoms with E-state index in [0.29, 0.717) is 15.5 Å². The average molecular weight is 228 g/mol. The topological polar surface area (TPSA) is 68.0 Å². The second-order valence-corrected chi connectivity index (χ2v) is 4.02. The summed E-state index contributed by atoms with van der Waals surface area (Å²) in [5.41, 5.74) is 2.66. The Kier molecular flexibility index (Phi) is 2.37. The molecule has 0 radical (unpaired) electrons. The highest BCUT2D eigenvalue weighted by Crippen LogP contribution is 2.27. The fraction of sp³-hybridized carbons (Fsp3) is 0. The first-order chi connectivity index (χ1) is 6.72. The van der Waals surface area contributed by atoms with Gasteiger partial charge in [0, 0.05) is 0 Å². The van der Waals surface area contributed by atoms with Crippen molar-refractivity contribution in [1.82, 2.24) is 10.4 Å². The van der Waals surface area contributed by atoms with Crippen molar-refractivity contribution in [1.29, 1.82) is 0 Å². The number of halogens is 1. The van der Waals surface area contributed by atoms with Crippen molar-refractivity contribution in [2.45, 2.75) is 0 Å². The van der Waals surface area contributed by atoms with Gasteiger partial charge in [0.05, 0.1) is 9.72 Å². The number of benzene rings is 1. The number of hydrogen-bond acceptors (Lipinski definition) is 4. The van der Waals surface area contributed by atoms with Crippen molar-refractivity contribution in [2.24, 2.45) is 5.84 Å². The summed E-state index contributed by atoms with van der Waals surface area (Å²) in [5, 5.41) is 0.852. The quantitative estimate of drug-likeness (QED) is 0.441. The fourth-order valence-electron chi connectivity index (χ4n) is 1.07. The molecule has 1 amide bonds. The lowest BCUT2D eigenvalue weighted by atomic mass is 10.3. The Balaban J connectivity index is 2.62. The smallest absolute Gasteiger partial charge is 0.288 e. The minimum atomic E-state index is -0.401. The monoisotopic (exact) mass is 227 g/mol. The number of rotatable bonds is 1. The first kappa shape index (κ1) is 9.39. The van der Waals surface area contributed by atoms with E-state index < -0.39 is 5.91 Å². The Labute approximate surface area is 88.7 Å². The van der Waals surface area contributed by atoms with Crippen LogP contribution in [0.3, 0.4) is 0 Å². The molecule has 3 N–H and O–H groups in total. The standard InChI is InChI=1S/C8H6ClN3OS/c9-4-2-1-3-5-6(4)11-8(14-5)7(13)12-10/h1-3H,10H2,(H,12,13). The Hall–Kier alpha value is -1.17. The van der Waals surface area contributed by atoms with Crippen molar-refractivity contribution in [3.63, 3.8) is 0 Å². The normalized spacial score (nSPS) is 10.4. The first-order valence-electron chi connectivity index (χ1n) is 3.78. The number of nitrogens with zero attached hydrogens (tertiary/aromatic N) is 1. The van der Waals surface area contributed by atoms with Crippen LogP contribution in [0.15, 0.2) is 18.2 Å². The number of nitrogen functional groups attached to an aromatic ring is 1. The number of hydrogen-bond donors (Lipinski definition) is 2. The summed E-state index contributed by atoms with van der Waals surface area (Å²) in [6.07, 6.45) is 0. The van der Waals surface area contributed by atoms with Gasteiger partial charge in [-0.15, -0.1) is 11.3 Å². The van der Waals surface area contributed by atoms with Gasteiger partial charge in [-0.05, 0) is 12.1 Å². The molecule has 0 unspecified atom stereocenters.